The van der Waals surface area contributed by atoms with E-state index < -0.39 is 17.6 Å². The van der Waals surface area contributed by atoms with Gasteiger partial charge in [0.2, 0.25) is 6.29 Å². The van der Waals surface area contributed by atoms with Crippen LogP contribution in [0, 0.1) is 0 Å². The molecule has 0 rings (SSSR count). The molecular formula is C8H14O5S. The minimum absolute atomic E-state index is 0.474. The SMILES string of the molecule is COCCSC(=O)OC(C)OC(C)=O. The van der Waals surface area contributed by atoms with Gasteiger partial charge in [0.25, 0.3) is 0 Å². The monoisotopic (exact) mass is 222 g/mol. The Morgan fingerprint density at radius 2 is 2.00 bits per heavy atom. The van der Waals surface area contributed by atoms with Crippen LogP contribution >= 0.6 is 11.8 Å². The zero-order chi connectivity index (χ0) is 11.0. The number of thioether (sulfide) groups is 1. The smallest absolute Gasteiger partial charge is 0.370 e. The molecule has 0 aliphatic heterocycles. The third-order valence-electron chi connectivity index (χ3n) is 1.10. The molecule has 0 spiro atoms. The molecule has 0 N–H and O–H groups in total. The van der Waals surface area contributed by atoms with Gasteiger partial charge in [-0.1, -0.05) is 0 Å². The van der Waals surface area contributed by atoms with Gasteiger partial charge >= 0.3 is 11.3 Å². The summed E-state index contributed by atoms with van der Waals surface area (Å²) in [5.74, 6) is 0.0365. The Hall–Kier alpha value is -0.750. The lowest BCUT2D eigenvalue weighted by molar-refractivity contribution is -0.160. The third kappa shape index (κ3) is 7.88. The Balaban J connectivity index is 3.55. The topological polar surface area (TPSA) is 61.8 Å². The number of carbonyl (C=O) groups excluding carboxylic acids is 2. The molecule has 0 amide bonds. The van der Waals surface area contributed by atoms with Crippen LogP contribution in [0.4, 0.5) is 4.79 Å². The van der Waals surface area contributed by atoms with Crippen LogP contribution in [-0.2, 0) is 19.0 Å². The fourth-order valence-electron chi connectivity index (χ4n) is 0.636. The van der Waals surface area contributed by atoms with Gasteiger partial charge in [-0.3, -0.25) is 4.79 Å². The van der Waals surface area contributed by atoms with E-state index in [0.29, 0.717) is 12.4 Å². The fraction of sp³-hybridized carbons (Fsp3) is 0.750. The first-order valence-corrected chi connectivity index (χ1v) is 5.04. The summed E-state index contributed by atoms with van der Waals surface area (Å²) in [6.45, 7) is 3.21. The first-order chi connectivity index (χ1) is 6.56. The summed E-state index contributed by atoms with van der Waals surface area (Å²) in [6.07, 6.45) is -0.838. The van der Waals surface area contributed by atoms with E-state index in [1.54, 1.807) is 7.11 Å². The maximum absolute atomic E-state index is 11.0. The Labute approximate surface area is 87.1 Å². The minimum atomic E-state index is -0.838. The van der Waals surface area contributed by atoms with E-state index in [-0.39, 0.29) is 0 Å². The second-order valence-electron chi connectivity index (χ2n) is 2.39. The van der Waals surface area contributed by atoms with Crippen molar-refractivity contribution in [3.8, 4) is 0 Å². The molecule has 0 aromatic carbocycles. The first kappa shape index (κ1) is 13.2. The number of methoxy groups -OCH3 is 1. The number of ether oxygens (including phenoxy) is 3. The van der Waals surface area contributed by atoms with E-state index in [1.165, 1.54) is 13.8 Å². The van der Waals surface area contributed by atoms with Gasteiger partial charge in [0.15, 0.2) is 0 Å². The minimum Gasteiger partial charge on any atom is -0.426 e. The Bertz CT molecular complexity index is 194. The van der Waals surface area contributed by atoms with Gasteiger partial charge in [-0.2, -0.15) is 0 Å². The fourth-order valence-corrected chi connectivity index (χ4v) is 1.26. The lowest BCUT2D eigenvalue weighted by Crippen LogP contribution is -2.18. The lowest BCUT2D eigenvalue weighted by atomic mass is 10.7. The number of hydrogen-bond acceptors (Lipinski definition) is 6. The Morgan fingerprint density at radius 3 is 2.50 bits per heavy atom. The largest absolute Gasteiger partial charge is 0.426 e. The van der Waals surface area contributed by atoms with E-state index in [4.69, 9.17) is 9.47 Å². The van der Waals surface area contributed by atoms with Crippen molar-refractivity contribution in [3.63, 3.8) is 0 Å². The van der Waals surface area contributed by atoms with Gasteiger partial charge in [0, 0.05) is 26.7 Å². The molecule has 0 aliphatic rings. The van der Waals surface area contributed by atoms with Crippen molar-refractivity contribution in [3.05, 3.63) is 0 Å². The van der Waals surface area contributed by atoms with E-state index in [2.05, 4.69) is 4.74 Å². The van der Waals surface area contributed by atoms with Crippen molar-refractivity contribution in [1.29, 1.82) is 0 Å². The zero-order valence-corrected chi connectivity index (χ0v) is 9.26. The predicted octanol–water partition coefficient (Wildman–Crippen LogP) is 1.41. The van der Waals surface area contributed by atoms with E-state index in [0.717, 1.165) is 11.8 Å². The molecule has 0 saturated heterocycles. The van der Waals surface area contributed by atoms with Crippen LogP contribution < -0.4 is 0 Å². The summed E-state index contributed by atoms with van der Waals surface area (Å²) in [5, 5.41) is -0.476. The maximum atomic E-state index is 11.0. The quantitative estimate of drug-likeness (QED) is 0.398. The molecule has 0 bridgehead atoms. The first-order valence-electron chi connectivity index (χ1n) is 4.05. The second-order valence-corrected chi connectivity index (χ2v) is 3.42. The highest BCUT2D eigenvalue weighted by Crippen LogP contribution is 2.08. The highest BCUT2D eigenvalue weighted by atomic mass is 32.2. The van der Waals surface area contributed by atoms with Gasteiger partial charge < -0.3 is 14.2 Å². The predicted molar refractivity (Wildman–Crippen MR) is 52.0 cm³/mol. The molecule has 5 nitrogen and oxygen atoms in total. The molecule has 0 aromatic rings. The average Bonchev–Trinajstić information content (AvgIpc) is 2.02. The van der Waals surface area contributed by atoms with Crippen LogP contribution in [0.15, 0.2) is 0 Å². The molecule has 1 atom stereocenters. The van der Waals surface area contributed by atoms with Crippen LogP contribution in [0.2, 0.25) is 0 Å². The van der Waals surface area contributed by atoms with Crippen molar-refractivity contribution in [2.24, 2.45) is 0 Å². The van der Waals surface area contributed by atoms with Crippen molar-refractivity contribution < 1.29 is 23.8 Å². The van der Waals surface area contributed by atoms with Crippen molar-refractivity contribution in [2.45, 2.75) is 20.1 Å². The molecule has 82 valence electrons. The zero-order valence-electron chi connectivity index (χ0n) is 8.44. The van der Waals surface area contributed by atoms with Gasteiger partial charge in [0.1, 0.15) is 0 Å². The van der Waals surface area contributed by atoms with Crippen molar-refractivity contribution >= 4 is 23.0 Å². The molecule has 0 saturated carbocycles. The lowest BCUT2D eigenvalue weighted by Gasteiger charge is -2.11. The van der Waals surface area contributed by atoms with E-state index >= 15 is 0 Å². The second kappa shape index (κ2) is 7.64. The van der Waals surface area contributed by atoms with Crippen molar-refractivity contribution in [1.82, 2.24) is 0 Å². The Morgan fingerprint density at radius 1 is 1.36 bits per heavy atom. The highest BCUT2D eigenvalue weighted by Gasteiger charge is 2.11. The van der Waals surface area contributed by atoms with Crippen LogP contribution in [0.5, 0.6) is 0 Å². The summed E-state index contributed by atoms with van der Waals surface area (Å²) in [6, 6.07) is 0. The third-order valence-corrected chi connectivity index (χ3v) is 1.80. The molecule has 1 unspecified atom stereocenters. The normalized spacial score (nSPS) is 11.9. The molecule has 0 aromatic heterocycles. The molecule has 0 radical (unpaired) electrons. The summed E-state index contributed by atoms with van der Waals surface area (Å²) < 4.78 is 14.1. The van der Waals surface area contributed by atoms with Crippen LogP contribution in [-0.4, -0.2) is 37.0 Å². The summed E-state index contributed by atoms with van der Waals surface area (Å²) in [7, 11) is 1.55. The highest BCUT2D eigenvalue weighted by molar-refractivity contribution is 8.13. The molecule has 0 heterocycles. The van der Waals surface area contributed by atoms with Gasteiger partial charge in [-0.15, -0.1) is 0 Å². The summed E-state index contributed by atoms with van der Waals surface area (Å²) in [4.78, 5) is 21.5. The number of hydrogen-bond donors (Lipinski definition) is 0. The van der Waals surface area contributed by atoms with E-state index in [9.17, 15) is 9.59 Å². The van der Waals surface area contributed by atoms with Gasteiger partial charge in [-0.25, -0.2) is 4.79 Å². The van der Waals surface area contributed by atoms with E-state index in [1.807, 2.05) is 0 Å². The Kier molecular flexibility index (Phi) is 7.23. The number of carbonyl (C=O) groups is 2. The van der Waals surface area contributed by atoms with Crippen LogP contribution in [0.3, 0.4) is 0 Å². The van der Waals surface area contributed by atoms with Gasteiger partial charge in [-0.05, 0) is 11.8 Å². The van der Waals surface area contributed by atoms with Crippen molar-refractivity contribution in [2.75, 3.05) is 19.5 Å². The molecular weight excluding hydrogens is 208 g/mol. The molecule has 0 aliphatic carbocycles. The summed E-state index contributed by atoms with van der Waals surface area (Å²) >= 11 is 0.979. The standard InChI is InChI=1S/C8H14O5S/c1-6(9)12-7(2)13-8(10)14-5-4-11-3/h7H,4-5H2,1-3H3. The molecule has 0 fully saturated rings. The van der Waals surface area contributed by atoms with Crippen LogP contribution in [0.1, 0.15) is 13.8 Å². The molecule has 6 heteroatoms. The average molecular weight is 222 g/mol. The molecule has 14 heavy (non-hydrogen) atoms. The maximum Gasteiger partial charge on any atom is 0.370 e. The van der Waals surface area contributed by atoms with Gasteiger partial charge in [0.05, 0.1) is 6.61 Å². The van der Waals surface area contributed by atoms with Crippen LogP contribution in [0.25, 0.3) is 0 Å². The summed E-state index contributed by atoms with van der Waals surface area (Å²) in [5.41, 5.74) is 0. The number of rotatable bonds is 5. The number of esters is 1.